The molecular formula is C14H23N3O. The third kappa shape index (κ3) is 3.59. The summed E-state index contributed by atoms with van der Waals surface area (Å²) in [6, 6.07) is 1.73. The lowest BCUT2D eigenvalue weighted by atomic mass is 9.91. The van der Waals surface area contributed by atoms with Crippen LogP contribution in [0.5, 0.6) is 0 Å². The minimum absolute atomic E-state index is 0.0505. The molecule has 2 rings (SSSR count). The smallest absolute Gasteiger partial charge is 0.271 e. The van der Waals surface area contributed by atoms with Gasteiger partial charge in [-0.05, 0) is 24.8 Å². The van der Waals surface area contributed by atoms with Gasteiger partial charge in [0.25, 0.3) is 5.91 Å². The van der Waals surface area contributed by atoms with E-state index in [1.807, 2.05) is 11.9 Å². The van der Waals surface area contributed by atoms with E-state index in [0.29, 0.717) is 11.6 Å². The number of aromatic amines is 1. The molecule has 1 saturated carbocycles. The second-order valence-electron chi connectivity index (χ2n) is 5.37. The fourth-order valence-electron chi connectivity index (χ4n) is 2.77. The summed E-state index contributed by atoms with van der Waals surface area (Å²) in [5.41, 5.74) is 0.586. The molecular weight excluding hydrogens is 226 g/mol. The Labute approximate surface area is 109 Å². The molecule has 0 unspecified atom stereocenters. The van der Waals surface area contributed by atoms with Crippen LogP contribution in [0.1, 0.15) is 55.4 Å². The van der Waals surface area contributed by atoms with Gasteiger partial charge in [-0.25, -0.2) is 0 Å². The van der Waals surface area contributed by atoms with Crippen LogP contribution in [0.3, 0.4) is 0 Å². The number of hydrogen-bond acceptors (Lipinski definition) is 2. The summed E-state index contributed by atoms with van der Waals surface area (Å²) in [5, 5.41) is 6.56. The molecule has 100 valence electrons. The summed E-state index contributed by atoms with van der Waals surface area (Å²) in [6.45, 7) is 0.873. The molecule has 0 spiro atoms. The maximum Gasteiger partial charge on any atom is 0.271 e. The normalized spacial score (nSPS) is 18.1. The van der Waals surface area contributed by atoms with E-state index < -0.39 is 0 Å². The zero-order valence-corrected chi connectivity index (χ0v) is 11.2. The third-order valence-corrected chi connectivity index (χ3v) is 3.83. The van der Waals surface area contributed by atoms with Crippen molar-refractivity contribution in [2.75, 3.05) is 13.6 Å². The van der Waals surface area contributed by atoms with Crippen LogP contribution in [-0.2, 0) is 0 Å². The van der Waals surface area contributed by atoms with Crippen molar-refractivity contribution in [2.24, 2.45) is 5.92 Å². The Morgan fingerprint density at radius 2 is 2.00 bits per heavy atom. The van der Waals surface area contributed by atoms with E-state index in [1.54, 1.807) is 12.3 Å². The molecule has 1 amide bonds. The van der Waals surface area contributed by atoms with Crippen molar-refractivity contribution in [3.63, 3.8) is 0 Å². The summed E-state index contributed by atoms with van der Waals surface area (Å²) in [7, 11) is 1.89. The molecule has 0 aliphatic heterocycles. The third-order valence-electron chi connectivity index (χ3n) is 3.83. The maximum atomic E-state index is 12.1. The van der Waals surface area contributed by atoms with Crippen LogP contribution >= 0.6 is 0 Å². The molecule has 0 bridgehead atoms. The molecule has 1 aliphatic carbocycles. The van der Waals surface area contributed by atoms with Crippen molar-refractivity contribution in [1.29, 1.82) is 0 Å². The van der Waals surface area contributed by atoms with Gasteiger partial charge in [0, 0.05) is 19.8 Å². The molecule has 0 aromatic carbocycles. The van der Waals surface area contributed by atoms with Crippen molar-refractivity contribution >= 4 is 5.91 Å². The minimum atomic E-state index is 0.0505. The largest absolute Gasteiger partial charge is 0.340 e. The van der Waals surface area contributed by atoms with Crippen molar-refractivity contribution in [3.8, 4) is 0 Å². The van der Waals surface area contributed by atoms with Crippen molar-refractivity contribution in [1.82, 2.24) is 15.1 Å². The van der Waals surface area contributed by atoms with Gasteiger partial charge in [-0.3, -0.25) is 9.89 Å². The van der Waals surface area contributed by atoms with E-state index in [0.717, 1.165) is 6.54 Å². The monoisotopic (exact) mass is 249 g/mol. The minimum Gasteiger partial charge on any atom is -0.340 e. The average Bonchev–Trinajstić information content (AvgIpc) is 2.85. The molecule has 1 aromatic rings. The molecule has 1 aliphatic rings. The highest BCUT2D eigenvalue weighted by atomic mass is 16.2. The van der Waals surface area contributed by atoms with Crippen molar-refractivity contribution in [3.05, 3.63) is 18.0 Å². The van der Waals surface area contributed by atoms with Gasteiger partial charge < -0.3 is 4.90 Å². The first-order chi connectivity index (χ1) is 8.77. The van der Waals surface area contributed by atoms with Gasteiger partial charge >= 0.3 is 0 Å². The number of aromatic nitrogens is 2. The van der Waals surface area contributed by atoms with Gasteiger partial charge in [-0.2, -0.15) is 5.10 Å². The lowest BCUT2D eigenvalue weighted by Gasteiger charge is -2.25. The van der Waals surface area contributed by atoms with Crippen LogP contribution in [0.15, 0.2) is 12.3 Å². The van der Waals surface area contributed by atoms with Gasteiger partial charge in [-0.15, -0.1) is 0 Å². The Balaban J connectivity index is 1.85. The Hall–Kier alpha value is -1.32. The Morgan fingerprint density at radius 3 is 2.61 bits per heavy atom. The summed E-state index contributed by atoms with van der Waals surface area (Å²) in [6.07, 6.45) is 10.9. The zero-order valence-electron chi connectivity index (χ0n) is 11.2. The SMILES string of the molecule is CN(CC1CCCCCCC1)C(=O)c1ccn[nH]1. The second kappa shape index (κ2) is 6.57. The Bertz CT molecular complexity index is 353. The van der Waals surface area contributed by atoms with Gasteiger partial charge in [0.2, 0.25) is 0 Å². The number of nitrogens with one attached hydrogen (secondary N) is 1. The lowest BCUT2D eigenvalue weighted by Crippen LogP contribution is -2.32. The van der Waals surface area contributed by atoms with Gasteiger partial charge in [0.1, 0.15) is 5.69 Å². The number of amides is 1. The maximum absolute atomic E-state index is 12.1. The molecule has 0 atom stereocenters. The number of hydrogen-bond donors (Lipinski definition) is 1. The second-order valence-corrected chi connectivity index (χ2v) is 5.37. The van der Waals surface area contributed by atoms with Crippen LogP contribution < -0.4 is 0 Å². The fraction of sp³-hybridized carbons (Fsp3) is 0.714. The molecule has 4 nitrogen and oxygen atoms in total. The van der Waals surface area contributed by atoms with E-state index >= 15 is 0 Å². The van der Waals surface area contributed by atoms with Crippen molar-refractivity contribution < 1.29 is 4.79 Å². The standard InChI is InChI=1S/C14H23N3O/c1-17(14(18)13-9-10-15-16-13)11-12-7-5-3-2-4-6-8-12/h9-10,12H,2-8,11H2,1H3,(H,15,16). The topological polar surface area (TPSA) is 49.0 Å². The number of rotatable bonds is 3. The highest BCUT2D eigenvalue weighted by Gasteiger charge is 2.18. The van der Waals surface area contributed by atoms with Crippen LogP contribution in [-0.4, -0.2) is 34.6 Å². The summed E-state index contributed by atoms with van der Waals surface area (Å²) >= 11 is 0. The van der Waals surface area contributed by atoms with Crippen molar-refractivity contribution in [2.45, 2.75) is 44.9 Å². The van der Waals surface area contributed by atoms with Crippen LogP contribution in [0.25, 0.3) is 0 Å². The molecule has 1 fully saturated rings. The highest BCUT2D eigenvalue weighted by molar-refractivity contribution is 5.91. The van der Waals surface area contributed by atoms with Gasteiger partial charge in [-0.1, -0.05) is 32.1 Å². The van der Waals surface area contributed by atoms with E-state index in [4.69, 9.17) is 0 Å². The van der Waals surface area contributed by atoms with Crippen LogP contribution in [0.2, 0.25) is 0 Å². The van der Waals surface area contributed by atoms with Gasteiger partial charge in [0.05, 0.1) is 0 Å². The zero-order chi connectivity index (χ0) is 12.8. The van der Waals surface area contributed by atoms with Crippen LogP contribution in [0.4, 0.5) is 0 Å². The Morgan fingerprint density at radius 1 is 1.33 bits per heavy atom. The predicted octanol–water partition coefficient (Wildman–Crippen LogP) is 2.84. The molecule has 4 heteroatoms. The highest BCUT2D eigenvalue weighted by Crippen LogP contribution is 2.23. The quantitative estimate of drug-likeness (QED) is 0.895. The van der Waals surface area contributed by atoms with E-state index in [-0.39, 0.29) is 5.91 Å². The molecule has 18 heavy (non-hydrogen) atoms. The van der Waals surface area contributed by atoms with E-state index in [2.05, 4.69) is 10.2 Å². The predicted molar refractivity (Wildman–Crippen MR) is 71.4 cm³/mol. The number of carbonyl (C=O) groups is 1. The number of carbonyl (C=O) groups excluding carboxylic acids is 1. The molecule has 0 radical (unpaired) electrons. The molecule has 1 heterocycles. The Kier molecular flexibility index (Phi) is 4.79. The van der Waals surface area contributed by atoms with Crippen LogP contribution in [0, 0.1) is 5.92 Å². The number of nitrogens with zero attached hydrogens (tertiary/aromatic N) is 2. The molecule has 0 saturated heterocycles. The first-order valence-electron chi connectivity index (χ1n) is 7.02. The fourth-order valence-corrected chi connectivity index (χ4v) is 2.77. The summed E-state index contributed by atoms with van der Waals surface area (Å²) in [5.74, 6) is 0.719. The summed E-state index contributed by atoms with van der Waals surface area (Å²) in [4.78, 5) is 13.9. The number of H-pyrrole nitrogens is 1. The van der Waals surface area contributed by atoms with Gasteiger partial charge in [0.15, 0.2) is 0 Å². The summed E-state index contributed by atoms with van der Waals surface area (Å²) < 4.78 is 0. The lowest BCUT2D eigenvalue weighted by molar-refractivity contribution is 0.0758. The first-order valence-corrected chi connectivity index (χ1v) is 7.02. The van der Waals surface area contributed by atoms with E-state index in [9.17, 15) is 4.79 Å². The first kappa shape index (κ1) is 13.1. The average molecular weight is 249 g/mol. The van der Waals surface area contributed by atoms with E-state index in [1.165, 1.54) is 44.9 Å². The molecule has 1 N–H and O–H groups in total. The molecule has 1 aromatic heterocycles.